The van der Waals surface area contributed by atoms with Crippen LogP contribution in [0.4, 0.5) is 10.5 Å². The molecular weight excluding hydrogens is 322 g/mol. The molecule has 0 fully saturated rings. The molecule has 0 spiro atoms. The van der Waals surface area contributed by atoms with Gasteiger partial charge in [0.1, 0.15) is 18.5 Å². The Labute approximate surface area is 147 Å². The Morgan fingerprint density at radius 1 is 1.00 bits per heavy atom. The standard InChI is InChI=1S/C19H23NO5/c21-12-6-11-18(16-9-4-5-10-17(16)24-14-13-22)25-19(23)20-15-7-2-1-3-8-15/h1-5,7-10,18,21-22H,6,11-14H2,(H,20,23)/t18-/m0/s1. The van der Waals surface area contributed by atoms with Crippen molar-refractivity contribution in [1.82, 2.24) is 0 Å². The van der Waals surface area contributed by atoms with Gasteiger partial charge in [-0.05, 0) is 31.0 Å². The van der Waals surface area contributed by atoms with Crippen LogP contribution in [0.1, 0.15) is 24.5 Å². The third-order valence-corrected chi connectivity index (χ3v) is 3.51. The van der Waals surface area contributed by atoms with E-state index >= 15 is 0 Å². The molecule has 0 radical (unpaired) electrons. The predicted octanol–water partition coefficient (Wildman–Crippen LogP) is 3.12. The maximum Gasteiger partial charge on any atom is 0.412 e. The SMILES string of the molecule is O=C(Nc1ccccc1)O[C@@H](CCCO)c1ccccc1OCCO. The topological polar surface area (TPSA) is 88.0 Å². The van der Waals surface area contributed by atoms with Crippen LogP contribution in [0.3, 0.4) is 0 Å². The van der Waals surface area contributed by atoms with E-state index in [1.54, 1.807) is 18.2 Å². The molecule has 6 heteroatoms. The molecule has 1 atom stereocenters. The van der Waals surface area contributed by atoms with E-state index in [1.165, 1.54) is 0 Å². The second-order valence-corrected chi connectivity index (χ2v) is 5.36. The molecule has 3 N–H and O–H groups in total. The van der Waals surface area contributed by atoms with Gasteiger partial charge < -0.3 is 19.7 Å². The lowest BCUT2D eigenvalue weighted by Crippen LogP contribution is -2.18. The average Bonchev–Trinajstić information content (AvgIpc) is 2.64. The van der Waals surface area contributed by atoms with Crippen LogP contribution in [-0.4, -0.2) is 36.1 Å². The number of amides is 1. The van der Waals surface area contributed by atoms with Crippen molar-refractivity contribution in [2.45, 2.75) is 18.9 Å². The van der Waals surface area contributed by atoms with Gasteiger partial charge in [-0.25, -0.2) is 4.79 Å². The number of rotatable bonds is 9. The molecule has 0 aliphatic heterocycles. The number of aliphatic hydroxyl groups is 2. The number of carbonyl (C=O) groups excluding carboxylic acids is 1. The fourth-order valence-corrected chi connectivity index (χ4v) is 2.39. The van der Waals surface area contributed by atoms with Crippen molar-refractivity contribution in [3.8, 4) is 5.75 Å². The van der Waals surface area contributed by atoms with Crippen LogP contribution >= 0.6 is 0 Å². The Hall–Kier alpha value is -2.57. The normalized spacial score (nSPS) is 11.6. The fraction of sp³-hybridized carbons (Fsp3) is 0.316. The number of hydrogen-bond donors (Lipinski definition) is 3. The van der Waals surface area contributed by atoms with Crippen LogP contribution in [0.15, 0.2) is 54.6 Å². The summed E-state index contributed by atoms with van der Waals surface area (Å²) in [7, 11) is 0. The number of benzene rings is 2. The molecule has 0 aliphatic carbocycles. The van der Waals surface area contributed by atoms with E-state index < -0.39 is 12.2 Å². The highest BCUT2D eigenvalue weighted by molar-refractivity contribution is 5.84. The Morgan fingerprint density at radius 2 is 1.72 bits per heavy atom. The van der Waals surface area contributed by atoms with Crippen molar-refractivity contribution in [2.75, 3.05) is 25.1 Å². The largest absolute Gasteiger partial charge is 0.491 e. The number of para-hydroxylation sites is 2. The first-order chi connectivity index (χ1) is 12.2. The van der Waals surface area contributed by atoms with Crippen molar-refractivity contribution >= 4 is 11.8 Å². The smallest absolute Gasteiger partial charge is 0.412 e. The minimum Gasteiger partial charge on any atom is -0.491 e. The molecule has 0 heterocycles. The van der Waals surface area contributed by atoms with Gasteiger partial charge in [-0.2, -0.15) is 0 Å². The first-order valence-corrected chi connectivity index (χ1v) is 8.20. The molecule has 25 heavy (non-hydrogen) atoms. The van der Waals surface area contributed by atoms with Crippen molar-refractivity contribution in [3.63, 3.8) is 0 Å². The Morgan fingerprint density at radius 3 is 2.44 bits per heavy atom. The van der Waals surface area contributed by atoms with E-state index in [2.05, 4.69) is 5.32 Å². The lowest BCUT2D eigenvalue weighted by Gasteiger charge is -2.21. The molecule has 0 bridgehead atoms. The number of carbonyl (C=O) groups is 1. The van der Waals surface area contributed by atoms with Crippen molar-refractivity contribution in [1.29, 1.82) is 0 Å². The molecule has 0 saturated heterocycles. The summed E-state index contributed by atoms with van der Waals surface area (Å²) in [4.78, 5) is 12.2. The van der Waals surface area contributed by atoms with Gasteiger partial charge in [-0.15, -0.1) is 0 Å². The molecule has 0 unspecified atom stereocenters. The quantitative estimate of drug-likeness (QED) is 0.650. The Kier molecular flexibility index (Phi) is 7.75. The number of anilines is 1. The summed E-state index contributed by atoms with van der Waals surface area (Å²) in [6.07, 6.45) is -0.201. The summed E-state index contributed by atoms with van der Waals surface area (Å²) >= 11 is 0. The van der Waals surface area contributed by atoms with E-state index in [-0.39, 0.29) is 19.8 Å². The third-order valence-electron chi connectivity index (χ3n) is 3.51. The van der Waals surface area contributed by atoms with Crippen molar-refractivity contribution in [3.05, 3.63) is 60.2 Å². The first-order valence-electron chi connectivity index (χ1n) is 8.20. The van der Waals surface area contributed by atoms with Crippen molar-refractivity contribution in [2.24, 2.45) is 0 Å². The Balaban J connectivity index is 2.11. The number of nitrogens with one attached hydrogen (secondary N) is 1. The van der Waals surface area contributed by atoms with Crippen LogP contribution in [0.2, 0.25) is 0 Å². The minimum atomic E-state index is -0.578. The zero-order chi connectivity index (χ0) is 17.9. The second kappa shape index (κ2) is 10.3. The molecule has 1 amide bonds. The predicted molar refractivity (Wildman–Crippen MR) is 94.6 cm³/mol. The highest BCUT2D eigenvalue weighted by Crippen LogP contribution is 2.31. The maximum absolute atomic E-state index is 12.2. The summed E-state index contributed by atoms with van der Waals surface area (Å²) in [6, 6.07) is 16.2. The number of aliphatic hydroxyl groups excluding tert-OH is 2. The summed E-state index contributed by atoms with van der Waals surface area (Å²) in [5.41, 5.74) is 1.34. The summed E-state index contributed by atoms with van der Waals surface area (Å²) in [6.45, 7) is 0.0464. The van der Waals surface area contributed by atoms with Crippen LogP contribution in [0.25, 0.3) is 0 Å². The van der Waals surface area contributed by atoms with Crippen LogP contribution in [0, 0.1) is 0 Å². The highest BCUT2D eigenvalue weighted by Gasteiger charge is 2.20. The highest BCUT2D eigenvalue weighted by atomic mass is 16.6. The molecule has 0 aliphatic rings. The maximum atomic E-state index is 12.2. The van der Waals surface area contributed by atoms with Crippen LogP contribution < -0.4 is 10.1 Å². The van der Waals surface area contributed by atoms with Gasteiger partial charge in [-0.1, -0.05) is 36.4 Å². The fourth-order valence-electron chi connectivity index (χ4n) is 2.39. The zero-order valence-electron chi connectivity index (χ0n) is 13.9. The van der Waals surface area contributed by atoms with Gasteiger partial charge in [0.25, 0.3) is 0 Å². The number of hydrogen-bond acceptors (Lipinski definition) is 5. The van der Waals surface area contributed by atoms with Gasteiger partial charge in [-0.3, -0.25) is 5.32 Å². The Bertz CT molecular complexity index is 647. The average molecular weight is 345 g/mol. The van der Waals surface area contributed by atoms with Gasteiger partial charge in [0, 0.05) is 17.9 Å². The third kappa shape index (κ3) is 6.10. The zero-order valence-corrected chi connectivity index (χ0v) is 13.9. The first kappa shape index (κ1) is 18.8. The lowest BCUT2D eigenvalue weighted by atomic mass is 10.0. The molecule has 2 rings (SSSR count). The minimum absolute atomic E-state index is 0.000170. The van der Waals surface area contributed by atoms with Gasteiger partial charge in [0.05, 0.1) is 6.61 Å². The van der Waals surface area contributed by atoms with E-state index in [0.717, 1.165) is 0 Å². The molecular formula is C19H23NO5. The second-order valence-electron chi connectivity index (χ2n) is 5.36. The summed E-state index contributed by atoms with van der Waals surface area (Å²) in [5, 5.41) is 20.8. The van der Waals surface area contributed by atoms with Crippen LogP contribution in [-0.2, 0) is 4.74 Å². The molecule has 6 nitrogen and oxygen atoms in total. The molecule has 134 valence electrons. The summed E-state index contributed by atoms with van der Waals surface area (Å²) < 4.78 is 11.1. The number of ether oxygens (including phenoxy) is 2. The van der Waals surface area contributed by atoms with E-state index in [1.807, 2.05) is 36.4 Å². The molecule has 0 aromatic heterocycles. The molecule has 2 aromatic rings. The molecule has 0 saturated carbocycles. The monoisotopic (exact) mass is 345 g/mol. The van der Waals surface area contributed by atoms with Gasteiger partial charge >= 0.3 is 6.09 Å². The van der Waals surface area contributed by atoms with Crippen LogP contribution in [0.5, 0.6) is 5.75 Å². The molecule has 2 aromatic carbocycles. The van der Waals surface area contributed by atoms with E-state index in [9.17, 15) is 4.79 Å². The van der Waals surface area contributed by atoms with Gasteiger partial charge in [0.2, 0.25) is 0 Å². The van der Waals surface area contributed by atoms with E-state index in [0.29, 0.717) is 29.8 Å². The van der Waals surface area contributed by atoms with E-state index in [4.69, 9.17) is 19.7 Å². The summed E-state index contributed by atoms with van der Waals surface area (Å²) in [5.74, 6) is 0.548. The lowest BCUT2D eigenvalue weighted by molar-refractivity contribution is 0.0964. The van der Waals surface area contributed by atoms with Crippen molar-refractivity contribution < 1.29 is 24.5 Å². The van der Waals surface area contributed by atoms with Gasteiger partial charge in [0.15, 0.2) is 0 Å².